The average Bonchev–Trinajstić information content (AvgIpc) is 2.65. The van der Waals surface area contributed by atoms with Gasteiger partial charge in [-0.3, -0.25) is 9.97 Å². The molecule has 0 fully saturated rings. The van der Waals surface area contributed by atoms with Gasteiger partial charge >= 0.3 is 0 Å². The van der Waals surface area contributed by atoms with Gasteiger partial charge in [-0.25, -0.2) is 0 Å². The van der Waals surface area contributed by atoms with Crippen LogP contribution in [0.2, 0.25) is 0 Å². The largest absolute Gasteiger partial charge is 0.257 e. The minimum Gasteiger partial charge on any atom is -0.257 e. The summed E-state index contributed by atoms with van der Waals surface area (Å²) in [6.45, 7) is 2.08. The van der Waals surface area contributed by atoms with Crippen molar-refractivity contribution in [1.29, 1.82) is 0 Å². The smallest absolute Gasteiger partial charge is 0.103 e. The second kappa shape index (κ2) is 4.25. The van der Waals surface area contributed by atoms with Crippen molar-refractivity contribution in [2.45, 2.75) is 13.3 Å². The molecule has 2 rings (SSSR count). The van der Waals surface area contributed by atoms with E-state index in [0.29, 0.717) is 0 Å². The van der Waals surface area contributed by atoms with Crippen LogP contribution < -0.4 is 0 Å². The molecule has 14 heavy (non-hydrogen) atoms. The molecule has 0 aliphatic rings. The molecule has 0 unspecified atom stereocenters. The third kappa shape index (κ3) is 1.89. The van der Waals surface area contributed by atoms with Gasteiger partial charge < -0.3 is 0 Å². The minimum atomic E-state index is 0.901. The van der Waals surface area contributed by atoms with E-state index >= 15 is 0 Å². The molecule has 0 saturated carbocycles. The highest BCUT2D eigenvalue weighted by Gasteiger charge is 2.07. The molecule has 0 spiro atoms. The average molecular weight is 240 g/mol. The summed E-state index contributed by atoms with van der Waals surface area (Å²) in [5.74, 6) is 0. The molecule has 0 atom stereocenters. The topological polar surface area (TPSA) is 25.8 Å². The van der Waals surface area contributed by atoms with E-state index in [2.05, 4.69) is 16.9 Å². The molecule has 2 aromatic rings. The van der Waals surface area contributed by atoms with Crippen LogP contribution in [0.5, 0.6) is 0 Å². The van der Waals surface area contributed by atoms with Gasteiger partial charge in [0.15, 0.2) is 0 Å². The Hall–Kier alpha value is -0.650. The van der Waals surface area contributed by atoms with Gasteiger partial charge in [-0.1, -0.05) is 39.8 Å². The van der Waals surface area contributed by atoms with Gasteiger partial charge in [0.2, 0.25) is 0 Å². The van der Waals surface area contributed by atoms with E-state index in [1.54, 1.807) is 33.1 Å². The summed E-state index contributed by atoms with van der Waals surface area (Å²) in [5.41, 5.74) is 2.02. The Bertz CT molecular complexity index is 487. The van der Waals surface area contributed by atoms with Crippen LogP contribution in [0.1, 0.15) is 12.6 Å². The summed E-state index contributed by atoms with van der Waals surface area (Å²) < 4.78 is 0.915. The fourth-order valence-corrected chi connectivity index (χ4v) is 3.55. The summed E-state index contributed by atoms with van der Waals surface area (Å²) in [6.07, 6.45) is 4.36. The molecule has 0 radical (unpaired) electrons. The van der Waals surface area contributed by atoms with Crippen molar-refractivity contribution >= 4 is 32.9 Å². The highest BCUT2D eigenvalue weighted by molar-refractivity contribution is 7.80. The lowest BCUT2D eigenvalue weighted by molar-refractivity contribution is 1.01. The van der Waals surface area contributed by atoms with Gasteiger partial charge in [-0.05, 0) is 12.5 Å². The first-order valence-corrected chi connectivity index (χ1v) is 6.77. The van der Waals surface area contributed by atoms with Crippen LogP contribution in [-0.2, 0) is 6.42 Å². The van der Waals surface area contributed by atoms with Gasteiger partial charge in [-0.15, -0.1) is 0 Å². The lowest BCUT2D eigenvalue weighted by atomic mass is 10.2. The zero-order valence-electron chi connectivity index (χ0n) is 7.56. The van der Waals surface area contributed by atoms with Crippen LogP contribution in [0.15, 0.2) is 18.5 Å². The lowest BCUT2D eigenvalue weighted by Crippen LogP contribution is -1.92. The summed E-state index contributed by atoms with van der Waals surface area (Å²) in [6, 6.07) is 1.99. The fourth-order valence-electron chi connectivity index (χ4n) is 1.18. The van der Waals surface area contributed by atoms with Crippen molar-refractivity contribution in [3.05, 3.63) is 28.0 Å². The Kier molecular flexibility index (Phi) is 3.00. The number of hydrogen-bond donors (Lipinski definition) is 0. The van der Waals surface area contributed by atoms with Crippen molar-refractivity contribution in [1.82, 2.24) is 9.97 Å². The first-order chi connectivity index (χ1) is 6.81. The summed E-state index contributed by atoms with van der Waals surface area (Å²) in [5, 5.41) is 0. The second-order valence-corrected chi connectivity index (χ2v) is 5.61. The number of rotatable bonds is 2. The predicted octanol–water partition coefficient (Wildman–Crippen LogP) is 3.56. The lowest BCUT2D eigenvalue weighted by Gasteiger charge is -2.00. The van der Waals surface area contributed by atoms with Gasteiger partial charge in [0.1, 0.15) is 9.52 Å². The SMILES string of the molecule is CCc1nccnc1-c1cc(=S)ss1. The van der Waals surface area contributed by atoms with E-state index in [1.165, 1.54) is 0 Å². The molecule has 2 heterocycles. The Balaban J connectivity index is 2.55. The maximum absolute atomic E-state index is 5.09. The van der Waals surface area contributed by atoms with Gasteiger partial charge in [-0.2, -0.15) is 0 Å². The van der Waals surface area contributed by atoms with Gasteiger partial charge in [0.05, 0.1) is 10.6 Å². The quantitative estimate of drug-likeness (QED) is 0.593. The molecule has 72 valence electrons. The highest BCUT2D eigenvalue weighted by Crippen LogP contribution is 2.29. The Morgan fingerprint density at radius 2 is 2.07 bits per heavy atom. The van der Waals surface area contributed by atoms with E-state index in [0.717, 1.165) is 26.5 Å². The van der Waals surface area contributed by atoms with Crippen LogP contribution in [0.3, 0.4) is 0 Å². The molecule has 0 amide bonds. The molecule has 0 bridgehead atoms. The number of aromatic nitrogens is 2. The van der Waals surface area contributed by atoms with Crippen LogP contribution in [0, 0.1) is 3.82 Å². The first-order valence-electron chi connectivity index (χ1n) is 4.21. The Morgan fingerprint density at radius 1 is 1.29 bits per heavy atom. The molecule has 0 N–H and O–H groups in total. The minimum absolute atomic E-state index is 0.901. The van der Waals surface area contributed by atoms with Crippen molar-refractivity contribution in [3.63, 3.8) is 0 Å². The monoisotopic (exact) mass is 240 g/mol. The third-order valence-electron chi connectivity index (χ3n) is 1.80. The third-order valence-corrected chi connectivity index (χ3v) is 4.67. The Labute approximate surface area is 94.7 Å². The van der Waals surface area contributed by atoms with E-state index in [-0.39, 0.29) is 0 Å². The van der Waals surface area contributed by atoms with Crippen molar-refractivity contribution in [2.24, 2.45) is 0 Å². The Morgan fingerprint density at radius 3 is 2.71 bits per heavy atom. The van der Waals surface area contributed by atoms with Gasteiger partial charge in [0, 0.05) is 12.4 Å². The summed E-state index contributed by atoms with van der Waals surface area (Å²) in [7, 11) is 3.27. The standard InChI is InChI=1S/C9H8N2S3/c1-2-6-9(11-4-3-10-6)7-5-8(12)14-13-7/h3-5H,2H2,1H3. The van der Waals surface area contributed by atoms with Crippen molar-refractivity contribution in [3.8, 4) is 10.6 Å². The molecular weight excluding hydrogens is 232 g/mol. The number of hydrogen-bond acceptors (Lipinski definition) is 5. The van der Waals surface area contributed by atoms with Crippen molar-refractivity contribution < 1.29 is 0 Å². The summed E-state index contributed by atoms with van der Waals surface area (Å²) >= 11 is 5.09. The van der Waals surface area contributed by atoms with Gasteiger partial charge in [0.25, 0.3) is 0 Å². The molecule has 0 aliphatic heterocycles. The van der Waals surface area contributed by atoms with Crippen LogP contribution >= 0.6 is 32.9 Å². The zero-order valence-corrected chi connectivity index (χ0v) is 10.0. The molecular formula is C9H8N2S3. The maximum Gasteiger partial charge on any atom is 0.103 e. The zero-order chi connectivity index (χ0) is 9.97. The van der Waals surface area contributed by atoms with E-state index in [1.807, 2.05) is 6.07 Å². The summed E-state index contributed by atoms with van der Waals surface area (Å²) in [4.78, 5) is 9.77. The van der Waals surface area contributed by atoms with E-state index in [4.69, 9.17) is 12.2 Å². The molecule has 0 aromatic carbocycles. The van der Waals surface area contributed by atoms with E-state index in [9.17, 15) is 0 Å². The number of nitrogens with zero attached hydrogens (tertiary/aromatic N) is 2. The van der Waals surface area contributed by atoms with Crippen LogP contribution in [0.4, 0.5) is 0 Å². The molecule has 0 aliphatic carbocycles. The molecule has 2 nitrogen and oxygen atoms in total. The van der Waals surface area contributed by atoms with Crippen molar-refractivity contribution in [2.75, 3.05) is 0 Å². The first kappa shape index (κ1) is 9.89. The fraction of sp³-hybridized carbons (Fsp3) is 0.222. The predicted molar refractivity (Wildman–Crippen MR) is 63.4 cm³/mol. The second-order valence-electron chi connectivity index (χ2n) is 2.70. The van der Waals surface area contributed by atoms with Crippen LogP contribution in [0.25, 0.3) is 10.6 Å². The van der Waals surface area contributed by atoms with E-state index < -0.39 is 0 Å². The molecule has 0 saturated heterocycles. The highest BCUT2D eigenvalue weighted by atomic mass is 32.9. The molecule has 5 heteroatoms. The molecule has 2 aromatic heterocycles. The number of aryl methyl sites for hydroxylation is 1. The van der Waals surface area contributed by atoms with Crippen LogP contribution in [-0.4, -0.2) is 9.97 Å². The normalized spacial score (nSPS) is 10.4. The maximum atomic E-state index is 5.09.